The van der Waals surface area contributed by atoms with Gasteiger partial charge in [0.2, 0.25) is 5.91 Å². The summed E-state index contributed by atoms with van der Waals surface area (Å²) in [5.41, 5.74) is 5.29. The molecule has 4 aromatic rings. The highest BCUT2D eigenvalue weighted by Gasteiger charge is 2.26. The third-order valence-corrected chi connectivity index (χ3v) is 5.89. The number of hydrogen-bond acceptors (Lipinski definition) is 3. The number of anilines is 1. The first-order chi connectivity index (χ1) is 15.6. The SMILES string of the molecule is O=C1Nc2ccc(Cl)cc2C(c2ccc3[nH]c(=O)[nH]c3c2)=NC1CCCc1ccccc1. The van der Waals surface area contributed by atoms with E-state index >= 15 is 0 Å². The summed E-state index contributed by atoms with van der Waals surface area (Å²) in [4.78, 5) is 35.1. The third-order valence-electron chi connectivity index (χ3n) is 5.66. The molecule has 1 aliphatic heterocycles. The van der Waals surface area contributed by atoms with Gasteiger partial charge >= 0.3 is 5.69 Å². The van der Waals surface area contributed by atoms with E-state index in [0.29, 0.717) is 33.9 Å². The normalized spacial score (nSPS) is 15.7. The second kappa shape index (κ2) is 8.48. The zero-order valence-electron chi connectivity index (χ0n) is 17.2. The van der Waals surface area contributed by atoms with E-state index in [-0.39, 0.29) is 11.6 Å². The lowest BCUT2D eigenvalue weighted by atomic mass is 10.00. The fourth-order valence-electron chi connectivity index (χ4n) is 4.07. The average molecular weight is 445 g/mol. The molecule has 0 fully saturated rings. The summed E-state index contributed by atoms with van der Waals surface area (Å²) < 4.78 is 0. The van der Waals surface area contributed by atoms with Gasteiger partial charge in [0.25, 0.3) is 0 Å². The summed E-state index contributed by atoms with van der Waals surface area (Å²) >= 11 is 6.29. The largest absolute Gasteiger partial charge is 0.324 e. The number of hydrogen-bond donors (Lipinski definition) is 3. The standard InChI is InChI=1S/C25H21ClN4O2/c26-17-10-12-19-18(14-17)23(16-9-11-20-22(13-16)30-25(32)29-20)27-21(24(31)28-19)8-4-7-15-5-2-1-3-6-15/h1-3,5-6,9-14,21H,4,7-8H2,(H,28,31)(H2,29,30,32). The van der Waals surface area contributed by atoms with E-state index in [9.17, 15) is 9.59 Å². The Kier molecular flexibility index (Phi) is 5.37. The molecule has 1 amide bonds. The molecule has 0 radical (unpaired) electrons. The van der Waals surface area contributed by atoms with Crippen molar-refractivity contribution in [3.8, 4) is 0 Å². The lowest BCUT2D eigenvalue weighted by molar-refractivity contribution is -0.117. The van der Waals surface area contributed by atoms with E-state index in [1.165, 1.54) is 5.56 Å². The maximum absolute atomic E-state index is 13.0. The van der Waals surface area contributed by atoms with E-state index in [4.69, 9.17) is 16.6 Å². The highest BCUT2D eigenvalue weighted by Crippen LogP contribution is 2.29. The molecule has 5 rings (SSSR count). The Balaban J connectivity index is 1.52. The van der Waals surface area contributed by atoms with Crippen LogP contribution < -0.4 is 11.0 Å². The van der Waals surface area contributed by atoms with Crippen LogP contribution in [0.15, 0.2) is 76.5 Å². The van der Waals surface area contributed by atoms with Gasteiger partial charge in [0.05, 0.1) is 22.4 Å². The maximum atomic E-state index is 13.0. The minimum atomic E-state index is -0.527. The van der Waals surface area contributed by atoms with Crippen molar-refractivity contribution >= 4 is 39.9 Å². The molecule has 2 heterocycles. The Morgan fingerprint density at radius 1 is 0.906 bits per heavy atom. The van der Waals surface area contributed by atoms with Gasteiger partial charge in [0.15, 0.2) is 0 Å². The number of H-pyrrole nitrogens is 2. The van der Waals surface area contributed by atoms with Gasteiger partial charge in [0, 0.05) is 16.1 Å². The minimum absolute atomic E-state index is 0.132. The smallest absolute Gasteiger partial charge is 0.323 e. The van der Waals surface area contributed by atoms with Crippen LogP contribution in [0.1, 0.15) is 29.5 Å². The number of aromatic amines is 2. The van der Waals surface area contributed by atoms with Crippen LogP contribution in [0, 0.1) is 0 Å². The lowest BCUT2D eigenvalue weighted by Gasteiger charge is -2.11. The van der Waals surface area contributed by atoms with Gasteiger partial charge in [-0.15, -0.1) is 0 Å². The number of carbonyl (C=O) groups excluding carboxylic acids is 1. The number of fused-ring (bicyclic) bond motifs is 2. The minimum Gasteiger partial charge on any atom is -0.324 e. The fourth-order valence-corrected chi connectivity index (χ4v) is 4.24. The number of benzene rings is 3. The molecule has 7 heteroatoms. The molecular weight excluding hydrogens is 424 g/mol. The quantitative estimate of drug-likeness (QED) is 0.416. The summed E-state index contributed by atoms with van der Waals surface area (Å²) in [6.45, 7) is 0. The van der Waals surface area contributed by atoms with Crippen LogP contribution in [-0.4, -0.2) is 27.6 Å². The van der Waals surface area contributed by atoms with Gasteiger partial charge in [-0.25, -0.2) is 4.79 Å². The van der Waals surface area contributed by atoms with Crippen LogP contribution in [0.4, 0.5) is 5.69 Å². The number of imidazole rings is 1. The monoisotopic (exact) mass is 444 g/mol. The number of rotatable bonds is 5. The number of aliphatic imine (C=N–C) groups is 1. The van der Waals surface area contributed by atoms with Gasteiger partial charge in [-0.05, 0) is 55.2 Å². The van der Waals surface area contributed by atoms with Crippen molar-refractivity contribution in [3.05, 3.63) is 98.9 Å². The predicted octanol–water partition coefficient (Wildman–Crippen LogP) is 4.69. The van der Waals surface area contributed by atoms with Crippen molar-refractivity contribution < 1.29 is 4.79 Å². The average Bonchev–Trinajstić information content (AvgIpc) is 3.10. The van der Waals surface area contributed by atoms with Crippen molar-refractivity contribution in [1.82, 2.24) is 9.97 Å². The first kappa shape index (κ1) is 20.3. The second-order valence-corrected chi connectivity index (χ2v) is 8.33. The van der Waals surface area contributed by atoms with Crippen molar-refractivity contribution in [2.75, 3.05) is 5.32 Å². The molecule has 3 N–H and O–H groups in total. The number of halogens is 1. The molecule has 1 atom stereocenters. The van der Waals surface area contributed by atoms with Crippen LogP contribution in [0.25, 0.3) is 11.0 Å². The molecule has 0 aliphatic carbocycles. The van der Waals surface area contributed by atoms with Crippen molar-refractivity contribution in [2.45, 2.75) is 25.3 Å². The first-order valence-electron chi connectivity index (χ1n) is 10.5. The number of nitrogens with one attached hydrogen (secondary N) is 3. The Hall–Kier alpha value is -3.64. The van der Waals surface area contributed by atoms with E-state index in [1.54, 1.807) is 12.1 Å². The molecule has 0 saturated carbocycles. The first-order valence-corrected chi connectivity index (χ1v) is 10.9. The van der Waals surface area contributed by atoms with Gasteiger partial charge in [-0.2, -0.15) is 0 Å². The predicted molar refractivity (Wildman–Crippen MR) is 128 cm³/mol. The van der Waals surface area contributed by atoms with Crippen LogP contribution >= 0.6 is 11.6 Å². The topological polar surface area (TPSA) is 90.1 Å². The van der Waals surface area contributed by atoms with Crippen molar-refractivity contribution in [2.24, 2.45) is 4.99 Å². The molecule has 3 aromatic carbocycles. The molecule has 0 saturated heterocycles. The summed E-state index contributed by atoms with van der Waals surface area (Å²) in [6, 6.07) is 20.6. The third kappa shape index (κ3) is 4.09. The second-order valence-electron chi connectivity index (χ2n) is 7.89. The highest BCUT2D eigenvalue weighted by molar-refractivity contribution is 6.32. The summed E-state index contributed by atoms with van der Waals surface area (Å²) in [5.74, 6) is -0.132. The summed E-state index contributed by atoms with van der Waals surface area (Å²) in [5, 5.41) is 3.57. The lowest BCUT2D eigenvalue weighted by Crippen LogP contribution is -2.25. The van der Waals surface area contributed by atoms with Crippen molar-refractivity contribution in [3.63, 3.8) is 0 Å². The van der Waals surface area contributed by atoms with Gasteiger partial charge in [-0.3, -0.25) is 9.79 Å². The zero-order valence-corrected chi connectivity index (χ0v) is 17.9. The summed E-state index contributed by atoms with van der Waals surface area (Å²) in [6.07, 6.45) is 2.33. The number of benzodiazepines with no additional fused rings is 1. The van der Waals surface area contributed by atoms with Crippen molar-refractivity contribution in [1.29, 1.82) is 0 Å². The number of amides is 1. The number of aromatic nitrogens is 2. The van der Waals surface area contributed by atoms with E-state index in [1.807, 2.05) is 42.5 Å². The van der Waals surface area contributed by atoms with E-state index in [2.05, 4.69) is 27.4 Å². The van der Waals surface area contributed by atoms with E-state index in [0.717, 1.165) is 24.0 Å². The molecule has 32 heavy (non-hydrogen) atoms. The van der Waals surface area contributed by atoms with Crippen LogP contribution in [0.2, 0.25) is 5.02 Å². The molecule has 1 aliphatic rings. The molecule has 1 unspecified atom stereocenters. The Labute approximate surface area is 189 Å². The number of aryl methyl sites for hydroxylation is 1. The fraction of sp³-hybridized carbons (Fsp3) is 0.160. The molecule has 160 valence electrons. The maximum Gasteiger partial charge on any atom is 0.323 e. The number of carbonyl (C=O) groups is 1. The molecular formula is C25H21ClN4O2. The van der Waals surface area contributed by atoms with Crippen LogP contribution in [-0.2, 0) is 11.2 Å². The summed E-state index contributed by atoms with van der Waals surface area (Å²) in [7, 11) is 0. The van der Waals surface area contributed by atoms with Gasteiger partial charge < -0.3 is 15.3 Å². The van der Waals surface area contributed by atoms with Crippen LogP contribution in [0.5, 0.6) is 0 Å². The zero-order chi connectivity index (χ0) is 22.1. The van der Waals surface area contributed by atoms with Gasteiger partial charge in [0.1, 0.15) is 6.04 Å². The molecule has 1 aromatic heterocycles. The molecule has 0 bridgehead atoms. The van der Waals surface area contributed by atoms with Crippen LogP contribution in [0.3, 0.4) is 0 Å². The van der Waals surface area contributed by atoms with E-state index < -0.39 is 6.04 Å². The molecule has 6 nitrogen and oxygen atoms in total. The van der Waals surface area contributed by atoms with Gasteiger partial charge in [-0.1, -0.05) is 48.0 Å². The number of nitrogens with zero attached hydrogens (tertiary/aromatic N) is 1. The Morgan fingerprint density at radius 3 is 2.56 bits per heavy atom. The Morgan fingerprint density at radius 2 is 1.72 bits per heavy atom. The Bertz CT molecular complexity index is 1390. The molecule has 0 spiro atoms. The highest BCUT2D eigenvalue weighted by atomic mass is 35.5.